The van der Waals surface area contributed by atoms with Crippen molar-refractivity contribution in [3.05, 3.63) is 42.2 Å². The summed E-state index contributed by atoms with van der Waals surface area (Å²) in [5, 5.41) is 6.88. The van der Waals surface area contributed by atoms with Crippen molar-refractivity contribution in [2.75, 3.05) is 12.3 Å². The maximum atomic E-state index is 11.9. The lowest BCUT2D eigenvalue weighted by Gasteiger charge is -2.03. The number of nitrogen functional groups attached to an aromatic ring is 1. The summed E-state index contributed by atoms with van der Waals surface area (Å²) in [5.41, 5.74) is 12.4. The highest BCUT2D eigenvalue weighted by molar-refractivity contribution is 5.92. The van der Waals surface area contributed by atoms with Gasteiger partial charge in [0, 0.05) is 24.8 Å². The first kappa shape index (κ1) is 14.6. The molecular formula is C14H17N5O2. The number of hydrogen-bond donors (Lipinski definition) is 3. The van der Waals surface area contributed by atoms with Crippen molar-refractivity contribution >= 4 is 17.5 Å². The molecule has 7 heteroatoms. The van der Waals surface area contributed by atoms with E-state index in [9.17, 15) is 9.59 Å². The molecule has 1 aromatic carbocycles. The number of carbonyl (C=O) groups is 2. The number of nitrogens with zero attached hydrogens (tertiary/aromatic N) is 2. The van der Waals surface area contributed by atoms with Crippen molar-refractivity contribution in [2.24, 2.45) is 5.73 Å². The second kappa shape index (κ2) is 6.56. The SMILES string of the molecule is NC(=O)CCCNC(=O)c1ccn(-c2ccc(N)cc2)n1. The van der Waals surface area contributed by atoms with Crippen LogP contribution in [0.15, 0.2) is 36.5 Å². The molecule has 2 aromatic rings. The van der Waals surface area contributed by atoms with Gasteiger partial charge in [-0.2, -0.15) is 5.10 Å². The van der Waals surface area contributed by atoms with Gasteiger partial charge in [-0.15, -0.1) is 0 Å². The van der Waals surface area contributed by atoms with E-state index in [2.05, 4.69) is 10.4 Å². The molecule has 0 atom stereocenters. The molecule has 1 aromatic heterocycles. The minimum atomic E-state index is -0.378. The summed E-state index contributed by atoms with van der Waals surface area (Å²) in [6, 6.07) is 8.79. The predicted molar refractivity (Wildman–Crippen MR) is 78.7 cm³/mol. The van der Waals surface area contributed by atoms with Crippen LogP contribution in [0.2, 0.25) is 0 Å². The standard InChI is InChI=1S/C14H17N5O2/c15-10-3-5-11(6-4-10)19-9-7-12(18-19)14(21)17-8-1-2-13(16)20/h3-7,9H,1-2,8,15H2,(H2,16,20)(H,17,21). The molecule has 0 spiro atoms. The zero-order valence-electron chi connectivity index (χ0n) is 11.5. The molecule has 5 N–H and O–H groups in total. The van der Waals surface area contributed by atoms with E-state index in [1.54, 1.807) is 29.1 Å². The van der Waals surface area contributed by atoms with E-state index in [0.717, 1.165) is 5.69 Å². The molecular weight excluding hydrogens is 270 g/mol. The van der Waals surface area contributed by atoms with Crippen molar-refractivity contribution in [3.8, 4) is 5.69 Å². The smallest absolute Gasteiger partial charge is 0.271 e. The monoisotopic (exact) mass is 287 g/mol. The van der Waals surface area contributed by atoms with E-state index in [1.165, 1.54) is 0 Å². The quantitative estimate of drug-likeness (QED) is 0.528. The Bertz CT molecular complexity index is 633. The van der Waals surface area contributed by atoms with Gasteiger partial charge >= 0.3 is 0 Å². The molecule has 0 unspecified atom stereocenters. The minimum Gasteiger partial charge on any atom is -0.399 e. The van der Waals surface area contributed by atoms with Crippen LogP contribution in [0.5, 0.6) is 0 Å². The molecule has 0 bridgehead atoms. The van der Waals surface area contributed by atoms with Crippen LogP contribution < -0.4 is 16.8 Å². The molecule has 0 fully saturated rings. The Morgan fingerprint density at radius 2 is 1.90 bits per heavy atom. The molecule has 2 rings (SSSR count). The summed E-state index contributed by atoms with van der Waals surface area (Å²) in [6.07, 6.45) is 2.46. The summed E-state index contributed by atoms with van der Waals surface area (Å²) in [6.45, 7) is 0.385. The number of aromatic nitrogens is 2. The first-order valence-electron chi connectivity index (χ1n) is 6.54. The van der Waals surface area contributed by atoms with Crippen LogP contribution in [0.3, 0.4) is 0 Å². The normalized spacial score (nSPS) is 10.3. The molecule has 7 nitrogen and oxygen atoms in total. The highest BCUT2D eigenvalue weighted by atomic mass is 16.2. The van der Waals surface area contributed by atoms with Gasteiger partial charge in [-0.3, -0.25) is 9.59 Å². The van der Waals surface area contributed by atoms with Crippen molar-refractivity contribution in [3.63, 3.8) is 0 Å². The van der Waals surface area contributed by atoms with Crippen LogP contribution in [0, 0.1) is 0 Å². The molecule has 0 saturated heterocycles. The Hall–Kier alpha value is -2.83. The molecule has 1 heterocycles. The summed E-state index contributed by atoms with van der Waals surface area (Å²) < 4.78 is 1.60. The molecule has 21 heavy (non-hydrogen) atoms. The van der Waals surface area contributed by atoms with E-state index in [-0.39, 0.29) is 18.2 Å². The van der Waals surface area contributed by atoms with Crippen molar-refractivity contribution in [2.45, 2.75) is 12.8 Å². The fourth-order valence-electron chi connectivity index (χ4n) is 1.77. The fourth-order valence-corrected chi connectivity index (χ4v) is 1.77. The van der Waals surface area contributed by atoms with Crippen LogP contribution in [0.1, 0.15) is 23.3 Å². The van der Waals surface area contributed by atoms with E-state index in [4.69, 9.17) is 11.5 Å². The summed E-state index contributed by atoms with van der Waals surface area (Å²) in [4.78, 5) is 22.4. The average molecular weight is 287 g/mol. The highest BCUT2D eigenvalue weighted by Gasteiger charge is 2.09. The molecule has 0 aliphatic rings. The number of primary amides is 1. The van der Waals surface area contributed by atoms with Crippen LogP contribution in [-0.2, 0) is 4.79 Å². The van der Waals surface area contributed by atoms with Gasteiger partial charge < -0.3 is 16.8 Å². The van der Waals surface area contributed by atoms with E-state index in [1.807, 2.05) is 12.1 Å². The van der Waals surface area contributed by atoms with Crippen LogP contribution in [0.25, 0.3) is 5.69 Å². The van der Waals surface area contributed by atoms with Crippen molar-refractivity contribution in [1.82, 2.24) is 15.1 Å². The minimum absolute atomic E-state index is 0.250. The van der Waals surface area contributed by atoms with Crippen LogP contribution in [-0.4, -0.2) is 28.1 Å². The molecule has 0 radical (unpaired) electrons. The zero-order chi connectivity index (χ0) is 15.2. The number of carbonyl (C=O) groups excluding carboxylic acids is 2. The molecule has 110 valence electrons. The lowest BCUT2D eigenvalue weighted by atomic mass is 10.3. The Balaban J connectivity index is 1.94. The van der Waals surface area contributed by atoms with Gasteiger partial charge in [-0.1, -0.05) is 0 Å². The topological polar surface area (TPSA) is 116 Å². The van der Waals surface area contributed by atoms with Crippen molar-refractivity contribution in [1.29, 1.82) is 0 Å². The van der Waals surface area contributed by atoms with Gasteiger partial charge in [0.05, 0.1) is 5.69 Å². The Kier molecular flexibility index (Phi) is 4.55. The van der Waals surface area contributed by atoms with Gasteiger partial charge in [0.1, 0.15) is 0 Å². The van der Waals surface area contributed by atoms with Crippen LogP contribution >= 0.6 is 0 Å². The van der Waals surface area contributed by atoms with Gasteiger partial charge in [0.25, 0.3) is 5.91 Å². The van der Waals surface area contributed by atoms with Gasteiger partial charge in [0.2, 0.25) is 5.91 Å². The fraction of sp³-hybridized carbons (Fsp3) is 0.214. The number of nitrogens with one attached hydrogen (secondary N) is 1. The Labute approximate surface area is 121 Å². The lowest BCUT2D eigenvalue weighted by Crippen LogP contribution is -2.26. The molecule has 0 saturated carbocycles. The largest absolute Gasteiger partial charge is 0.399 e. The number of anilines is 1. The maximum absolute atomic E-state index is 11.9. The van der Waals surface area contributed by atoms with E-state index in [0.29, 0.717) is 24.3 Å². The summed E-state index contributed by atoms with van der Waals surface area (Å²) in [7, 11) is 0. The molecule has 0 aliphatic carbocycles. The second-order valence-corrected chi connectivity index (χ2v) is 4.56. The third kappa shape index (κ3) is 4.07. The van der Waals surface area contributed by atoms with E-state index < -0.39 is 0 Å². The second-order valence-electron chi connectivity index (χ2n) is 4.56. The van der Waals surface area contributed by atoms with Crippen molar-refractivity contribution < 1.29 is 9.59 Å². The number of amides is 2. The first-order valence-corrected chi connectivity index (χ1v) is 6.54. The maximum Gasteiger partial charge on any atom is 0.271 e. The Morgan fingerprint density at radius 1 is 1.19 bits per heavy atom. The Morgan fingerprint density at radius 3 is 2.57 bits per heavy atom. The number of hydrogen-bond acceptors (Lipinski definition) is 4. The molecule has 0 aliphatic heterocycles. The van der Waals surface area contributed by atoms with Gasteiger partial charge in [0.15, 0.2) is 5.69 Å². The summed E-state index contributed by atoms with van der Waals surface area (Å²) >= 11 is 0. The lowest BCUT2D eigenvalue weighted by molar-refractivity contribution is -0.118. The van der Waals surface area contributed by atoms with Crippen LogP contribution in [0.4, 0.5) is 5.69 Å². The van der Waals surface area contributed by atoms with E-state index >= 15 is 0 Å². The average Bonchev–Trinajstić information content (AvgIpc) is 2.94. The zero-order valence-corrected chi connectivity index (χ0v) is 11.5. The number of nitrogens with two attached hydrogens (primary N) is 2. The number of rotatable bonds is 6. The van der Waals surface area contributed by atoms with Gasteiger partial charge in [-0.05, 0) is 36.8 Å². The predicted octanol–water partition coefficient (Wildman–Crippen LogP) is 0.450. The highest BCUT2D eigenvalue weighted by Crippen LogP contribution is 2.10. The van der Waals surface area contributed by atoms with Gasteiger partial charge in [-0.25, -0.2) is 4.68 Å². The first-order chi connectivity index (χ1) is 10.1. The third-order valence-electron chi connectivity index (χ3n) is 2.86. The third-order valence-corrected chi connectivity index (χ3v) is 2.86. The summed E-state index contributed by atoms with van der Waals surface area (Å²) in [5.74, 6) is -0.662. The number of benzene rings is 1. The molecule has 2 amide bonds.